The molecule has 0 amide bonds. The molecular weight excluding hydrogens is 387 g/mol. The van der Waals surface area contributed by atoms with Crippen LogP contribution in [-0.4, -0.2) is 63.6 Å². The summed E-state index contributed by atoms with van der Waals surface area (Å²) in [6.07, 6.45) is 2.32. The summed E-state index contributed by atoms with van der Waals surface area (Å²) in [5, 5.41) is 0. The van der Waals surface area contributed by atoms with Crippen LogP contribution in [0.15, 0.2) is 11.9 Å². The first-order valence-corrected chi connectivity index (χ1v) is 12.1. The summed E-state index contributed by atoms with van der Waals surface area (Å²) in [6, 6.07) is 0.0732. The van der Waals surface area contributed by atoms with Gasteiger partial charge < -0.3 is 22.8 Å². The molecule has 1 saturated heterocycles. The lowest BCUT2D eigenvalue weighted by Crippen LogP contribution is -2.35. The van der Waals surface area contributed by atoms with Gasteiger partial charge in [0.15, 0.2) is 0 Å². The molecule has 27 heavy (non-hydrogen) atoms. The number of hydrogen-bond donors (Lipinski definition) is 0. The van der Waals surface area contributed by atoms with E-state index in [4.69, 9.17) is 30.7 Å². The van der Waals surface area contributed by atoms with Gasteiger partial charge in [0.1, 0.15) is 14.0 Å². The van der Waals surface area contributed by atoms with Crippen LogP contribution < -0.4 is 0 Å². The number of nitrogens with zero attached hydrogens (tertiary/aromatic N) is 1. The Labute approximate surface area is 167 Å². The van der Waals surface area contributed by atoms with Crippen LogP contribution in [0.4, 0.5) is 0 Å². The molecule has 0 aliphatic carbocycles. The standard InChI is InChI=1S/C17H34BNO6P2/c1-8-10-23-26(19(13(2)3)14(4)5)25-16-12-17(18)24-15(16)9-11-27(20,21-6)22-7/h9,11,13-17H,8,10,12H2,1-7H3/b11-9+/t15-,16+,17-,26?/m1/s1. The summed E-state index contributed by atoms with van der Waals surface area (Å²) >= 11 is 0. The molecule has 156 valence electrons. The quantitative estimate of drug-likeness (QED) is 0.341. The monoisotopic (exact) mass is 421 g/mol. The van der Waals surface area contributed by atoms with Crippen molar-refractivity contribution in [3.63, 3.8) is 0 Å². The van der Waals surface area contributed by atoms with Crippen molar-refractivity contribution in [3.05, 3.63) is 11.9 Å². The molecule has 0 spiro atoms. The predicted octanol–water partition coefficient (Wildman–Crippen LogP) is 4.43. The van der Waals surface area contributed by atoms with Gasteiger partial charge in [-0.3, -0.25) is 4.57 Å². The fourth-order valence-electron chi connectivity index (χ4n) is 2.78. The van der Waals surface area contributed by atoms with E-state index in [1.165, 1.54) is 20.0 Å². The summed E-state index contributed by atoms with van der Waals surface area (Å²) in [4.78, 5) is 0. The molecule has 4 atom stereocenters. The first-order valence-electron chi connectivity index (χ1n) is 9.37. The molecule has 1 heterocycles. The van der Waals surface area contributed by atoms with Crippen LogP contribution in [0.2, 0.25) is 0 Å². The number of ether oxygens (including phenoxy) is 1. The molecule has 1 unspecified atom stereocenters. The molecule has 0 aromatic rings. The summed E-state index contributed by atoms with van der Waals surface area (Å²) in [5.74, 6) is 1.39. The van der Waals surface area contributed by atoms with Gasteiger partial charge in [-0.2, -0.15) is 0 Å². The molecule has 1 aliphatic rings. The van der Waals surface area contributed by atoms with E-state index >= 15 is 0 Å². The Balaban J connectivity index is 2.96. The van der Waals surface area contributed by atoms with Crippen LogP contribution in [-0.2, 0) is 27.4 Å². The van der Waals surface area contributed by atoms with Gasteiger partial charge in [0.25, 0.3) is 8.53 Å². The normalized spacial score (nSPS) is 25.3. The number of hydrogen-bond acceptors (Lipinski definition) is 7. The van der Waals surface area contributed by atoms with E-state index in [0.29, 0.717) is 13.0 Å². The lowest BCUT2D eigenvalue weighted by atomic mass is 9.96. The summed E-state index contributed by atoms with van der Waals surface area (Å²) in [7, 11) is 4.10. The van der Waals surface area contributed by atoms with Crippen LogP contribution >= 0.6 is 16.1 Å². The van der Waals surface area contributed by atoms with Crippen molar-refractivity contribution in [1.29, 1.82) is 0 Å². The summed E-state index contributed by atoms with van der Waals surface area (Å²) < 4.78 is 42.5. The van der Waals surface area contributed by atoms with Crippen molar-refractivity contribution < 1.29 is 27.4 Å². The highest BCUT2D eigenvalue weighted by Crippen LogP contribution is 2.51. The van der Waals surface area contributed by atoms with Gasteiger partial charge in [-0.1, -0.05) is 6.92 Å². The largest absolute Gasteiger partial charge is 0.378 e. The molecule has 1 rings (SSSR count). The van der Waals surface area contributed by atoms with Crippen molar-refractivity contribution >= 4 is 24.0 Å². The van der Waals surface area contributed by atoms with Gasteiger partial charge in [-0.15, -0.1) is 0 Å². The van der Waals surface area contributed by atoms with Crippen LogP contribution in [0.25, 0.3) is 0 Å². The van der Waals surface area contributed by atoms with E-state index in [2.05, 4.69) is 39.3 Å². The Bertz CT molecular complexity index is 492. The first kappa shape index (κ1) is 25.3. The third kappa shape index (κ3) is 7.87. The van der Waals surface area contributed by atoms with Gasteiger partial charge in [-0.05, 0) is 46.6 Å². The van der Waals surface area contributed by atoms with Crippen molar-refractivity contribution in [2.24, 2.45) is 0 Å². The van der Waals surface area contributed by atoms with Crippen LogP contribution in [0, 0.1) is 0 Å². The highest BCUT2D eigenvalue weighted by atomic mass is 31.2. The van der Waals surface area contributed by atoms with E-state index in [9.17, 15) is 4.57 Å². The van der Waals surface area contributed by atoms with Gasteiger partial charge >= 0.3 is 7.60 Å². The topological polar surface area (TPSA) is 66.5 Å². The molecule has 0 bridgehead atoms. The van der Waals surface area contributed by atoms with Gasteiger partial charge in [0.2, 0.25) is 0 Å². The van der Waals surface area contributed by atoms with Gasteiger partial charge in [0.05, 0.1) is 12.7 Å². The average molecular weight is 421 g/mol. The van der Waals surface area contributed by atoms with E-state index < -0.39 is 28.2 Å². The second kappa shape index (κ2) is 12.0. The van der Waals surface area contributed by atoms with Crippen LogP contribution in [0.5, 0.6) is 0 Å². The Kier molecular flexibility index (Phi) is 11.3. The summed E-state index contributed by atoms with van der Waals surface area (Å²) in [6.45, 7) is 11.2. The zero-order valence-corrected chi connectivity index (χ0v) is 19.3. The molecular formula is C17H34BNO6P2. The molecule has 2 radical (unpaired) electrons. The summed E-state index contributed by atoms with van der Waals surface area (Å²) in [5.41, 5.74) is 0. The van der Waals surface area contributed by atoms with Gasteiger partial charge in [0, 0.05) is 38.1 Å². The average Bonchev–Trinajstić information content (AvgIpc) is 2.96. The maximum Gasteiger partial charge on any atom is 0.353 e. The number of rotatable bonds is 12. The van der Waals surface area contributed by atoms with Crippen LogP contribution in [0.3, 0.4) is 0 Å². The minimum absolute atomic E-state index is 0.264. The lowest BCUT2D eigenvalue weighted by molar-refractivity contribution is 0.0624. The van der Waals surface area contributed by atoms with E-state index in [1.54, 1.807) is 6.08 Å². The third-order valence-electron chi connectivity index (χ3n) is 4.01. The Morgan fingerprint density at radius 2 is 1.85 bits per heavy atom. The maximum absolute atomic E-state index is 12.3. The molecule has 7 nitrogen and oxygen atoms in total. The van der Waals surface area contributed by atoms with Crippen molar-refractivity contribution in [2.45, 2.75) is 77.8 Å². The minimum Gasteiger partial charge on any atom is -0.378 e. The smallest absolute Gasteiger partial charge is 0.353 e. The van der Waals surface area contributed by atoms with Crippen molar-refractivity contribution in [2.75, 3.05) is 20.8 Å². The van der Waals surface area contributed by atoms with E-state index in [1.807, 2.05) is 0 Å². The third-order valence-corrected chi connectivity index (χ3v) is 7.72. The second-order valence-corrected chi connectivity index (χ2v) is 10.4. The van der Waals surface area contributed by atoms with Crippen molar-refractivity contribution in [1.82, 2.24) is 4.67 Å². The Morgan fingerprint density at radius 1 is 1.26 bits per heavy atom. The highest BCUT2D eigenvalue weighted by molar-refractivity contribution is 7.57. The fraction of sp³-hybridized carbons (Fsp3) is 0.882. The SMILES string of the molecule is [B][C@H]1C[C@H](OP(OCCC)N(C(C)C)C(C)C)[C@@H](/C=C/P(=O)(OC)OC)O1. The van der Waals surface area contributed by atoms with E-state index in [-0.39, 0.29) is 18.2 Å². The Morgan fingerprint density at radius 3 is 2.33 bits per heavy atom. The minimum atomic E-state index is -3.28. The van der Waals surface area contributed by atoms with Gasteiger partial charge in [-0.25, -0.2) is 4.67 Å². The Hall–Kier alpha value is 0.225. The molecule has 0 aromatic carbocycles. The van der Waals surface area contributed by atoms with Crippen molar-refractivity contribution in [3.8, 4) is 0 Å². The molecule has 1 fully saturated rings. The molecule has 10 heteroatoms. The first-order chi connectivity index (χ1) is 12.7. The lowest BCUT2D eigenvalue weighted by Gasteiger charge is -2.37. The maximum atomic E-state index is 12.3. The zero-order valence-electron chi connectivity index (χ0n) is 17.5. The van der Waals surface area contributed by atoms with E-state index in [0.717, 1.165) is 6.42 Å². The van der Waals surface area contributed by atoms with Crippen LogP contribution in [0.1, 0.15) is 47.5 Å². The molecule has 0 aromatic heterocycles. The zero-order chi connectivity index (χ0) is 20.6. The molecule has 0 saturated carbocycles. The molecule has 0 N–H and O–H groups in total. The highest BCUT2D eigenvalue weighted by Gasteiger charge is 2.38. The fourth-order valence-corrected chi connectivity index (χ4v) is 5.38. The predicted molar refractivity (Wildman–Crippen MR) is 110 cm³/mol. The molecule has 1 aliphatic heterocycles. The second-order valence-electron chi connectivity index (χ2n) is 6.90.